The lowest BCUT2D eigenvalue weighted by atomic mass is 9.79. The highest BCUT2D eigenvalue weighted by Crippen LogP contribution is 2.51. The molecule has 3 saturated heterocycles. The molecule has 3 fully saturated rings. The third-order valence-corrected chi connectivity index (χ3v) is 8.48. The Labute approximate surface area is 179 Å². The molecule has 1 unspecified atom stereocenters. The van der Waals surface area contributed by atoms with Crippen LogP contribution in [0.5, 0.6) is 0 Å². The zero-order valence-corrected chi connectivity index (χ0v) is 18.0. The number of hydrogen-bond donors (Lipinski definition) is 5. The van der Waals surface area contributed by atoms with E-state index in [-0.39, 0.29) is 40.8 Å². The first-order chi connectivity index (χ1) is 14.2. The van der Waals surface area contributed by atoms with Crippen LogP contribution in [-0.4, -0.2) is 75.5 Å². The van der Waals surface area contributed by atoms with Gasteiger partial charge in [0.1, 0.15) is 5.70 Å². The van der Waals surface area contributed by atoms with E-state index >= 15 is 0 Å². The van der Waals surface area contributed by atoms with E-state index in [0.717, 1.165) is 37.3 Å². The van der Waals surface area contributed by atoms with Crippen LogP contribution in [0.1, 0.15) is 33.1 Å². The van der Waals surface area contributed by atoms with E-state index in [0.29, 0.717) is 12.0 Å². The zero-order chi connectivity index (χ0) is 21.7. The number of aliphatic hydroxyl groups excluding tert-OH is 1. The SMILES string of the molecule is C[C@@H](O)[C@H]1C(=O)N2C(C(=O)O)=C(S[C@@H]3CN[C@H](CC4CN[C@H](C(N)=O)C4)C3)[C@H](C)[C@H]12. The van der Waals surface area contributed by atoms with Gasteiger partial charge in [-0.15, -0.1) is 11.8 Å². The molecule has 0 aromatic heterocycles. The van der Waals surface area contributed by atoms with E-state index in [4.69, 9.17) is 5.73 Å². The highest BCUT2D eigenvalue weighted by atomic mass is 32.2. The van der Waals surface area contributed by atoms with Crippen molar-refractivity contribution in [2.45, 2.75) is 62.6 Å². The Hall–Kier alpha value is -1.62. The maximum Gasteiger partial charge on any atom is 0.353 e. The van der Waals surface area contributed by atoms with E-state index in [9.17, 15) is 24.6 Å². The predicted octanol–water partition coefficient (Wildman–Crippen LogP) is -0.543. The van der Waals surface area contributed by atoms with Crippen molar-refractivity contribution < 1.29 is 24.6 Å². The Balaban J connectivity index is 1.39. The minimum Gasteiger partial charge on any atom is -0.477 e. The Kier molecular flexibility index (Phi) is 5.86. The fourth-order valence-corrected chi connectivity index (χ4v) is 7.04. The van der Waals surface area contributed by atoms with Gasteiger partial charge in [0.15, 0.2) is 0 Å². The Bertz CT molecular complexity index is 787. The maximum absolute atomic E-state index is 12.5. The van der Waals surface area contributed by atoms with Crippen LogP contribution in [0.15, 0.2) is 10.6 Å². The average molecular weight is 439 g/mol. The average Bonchev–Trinajstić information content (AvgIpc) is 3.35. The summed E-state index contributed by atoms with van der Waals surface area (Å²) in [6.07, 6.45) is 1.83. The number of carboxylic acids is 1. The molecule has 2 amide bonds. The van der Waals surface area contributed by atoms with Crippen LogP contribution in [-0.2, 0) is 14.4 Å². The van der Waals surface area contributed by atoms with Crippen LogP contribution >= 0.6 is 11.8 Å². The summed E-state index contributed by atoms with van der Waals surface area (Å²) in [5.74, 6) is -1.92. The van der Waals surface area contributed by atoms with Gasteiger partial charge in [0, 0.05) is 28.7 Å². The molecule has 8 atom stereocenters. The van der Waals surface area contributed by atoms with Gasteiger partial charge < -0.3 is 31.5 Å². The predicted molar refractivity (Wildman–Crippen MR) is 111 cm³/mol. The molecule has 0 saturated carbocycles. The van der Waals surface area contributed by atoms with Crippen LogP contribution in [0, 0.1) is 17.8 Å². The third kappa shape index (κ3) is 3.63. The molecule has 0 spiro atoms. The van der Waals surface area contributed by atoms with Crippen molar-refractivity contribution in [2.24, 2.45) is 23.5 Å². The number of thioether (sulfide) groups is 1. The van der Waals surface area contributed by atoms with Crippen molar-refractivity contribution in [1.82, 2.24) is 15.5 Å². The molecule has 0 aromatic rings. The second-order valence-electron chi connectivity index (χ2n) is 9.05. The van der Waals surface area contributed by atoms with E-state index in [1.807, 2.05) is 6.92 Å². The lowest BCUT2D eigenvalue weighted by Crippen LogP contribution is -2.63. The Morgan fingerprint density at radius 1 is 1.30 bits per heavy atom. The fourth-order valence-electron chi connectivity index (χ4n) is 5.52. The number of hydrogen-bond acceptors (Lipinski definition) is 7. The summed E-state index contributed by atoms with van der Waals surface area (Å²) in [5, 5.41) is 26.6. The standard InChI is InChI=1S/C20H30N4O5S/c1-8-15-14(9(2)25)19(27)24(15)16(20(28)29)17(8)30-12-5-11(22-7-12)3-10-4-13(18(21)26)23-6-10/h8-15,22-23,25H,3-7H2,1-2H3,(H2,21,26)(H,28,29)/t8-,9-,10?,11-,12+,13+,14-,15-/m1/s1. The van der Waals surface area contributed by atoms with Crippen LogP contribution in [0.25, 0.3) is 0 Å². The lowest BCUT2D eigenvalue weighted by molar-refractivity contribution is -0.163. The van der Waals surface area contributed by atoms with Crippen molar-refractivity contribution in [3.8, 4) is 0 Å². The molecular weight excluding hydrogens is 408 g/mol. The molecule has 0 radical (unpaired) electrons. The van der Waals surface area contributed by atoms with E-state index in [2.05, 4.69) is 10.6 Å². The number of nitrogens with one attached hydrogen (secondary N) is 2. The number of fused-ring (bicyclic) bond motifs is 1. The van der Waals surface area contributed by atoms with E-state index in [1.54, 1.807) is 18.7 Å². The van der Waals surface area contributed by atoms with Crippen LogP contribution in [0.4, 0.5) is 0 Å². The molecule has 30 heavy (non-hydrogen) atoms. The first-order valence-electron chi connectivity index (χ1n) is 10.6. The molecule has 4 heterocycles. The fraction of sp³-hybridized carbons (Fsp3) is 0.750. The summed E-state index contributed by atoms with van der Waals surface area (Å²) < 4.78 is 0. The number of carbonyl (C=O) groups is 3. The molecule has 0 aliphatic carbocycles. The van der Waals surface area contributed by atoms with Crippen LogP contribution in [0.2, 0.25) is 0 Å². The number of amides is 2. The zero-order valence-electron chi connectivity index (χ0n) is 17.2. The van der Waals surface area contributed by atoms with Gasteiger partial charge in [-0.2, -0.15) is 0 Å². The summed E-state index contributed by atoms with van der Waals surface area (Å²) >= 11 is 1.56. The number of carboxylic acid groups (broad SMARTS) is 1. The Morgan fingerprint density at radius 3 is 2.63 bits per heavy atom. The molecule has 10 heteroatoms. The smallest absolute Gasteiger partial charge is 0.353 e. The molecule has 0 aromatic carbocycles. The first kappa shape index (κ1) is 21.6. The molecule has 4 aliphatic rings. The minimum atomic E-state index is -1.08. The van der Waals surface area contributed by atoms with Gasteiger partial charge in [0.05, 0.1) is 24.1 Å². The van der Waals surface area contributed by atoms with Gasteiger partial charge in [0.2, 0.25) is 11.8 Å². The van der Waals surface area contributed by atoms with Crippen molar-refractivity contribution in [2.75, 3.05) is 13.1 Å². The quantitative estimate of drug-likeness (QED) is 0.333. The first-order valence-corrected chi connectivity index (χ1v) is 11.5. The van der Waals surface area contributed by atoms with Crippen LogP contribution < -0.4 is 16.4 Å². The highest BCUT2D eigenvalue weighted by Gasteiger charge is 2.60. The van der Waals surface area contributed by atoms with Crippen molar-refractivity contribution in [3.63, 3.8) is 0 Å². The number of nitrogens with two attached hydrogens (primary N) is 1. The van der Waals surface area contributed by atoms with E-state index < -0.39 is 18.0 Å². The second-order valence-corrected chi connectivity index (χ2v) is 10.4. The summed E-state index contributed by atoms with van der Waals surface area (Å²) in [6.45, 7) is 5.10. The largest absolute Gasteiger partial charge is 0.477 e. The molecule has 0 bridgehead atoms. The topological polar surface area (TPSA) is 145 Å². The van der Waals surface area contributed by atoms with Crippen molar-refractivity contribution >= 4 is 29.5 Å². The molecule has 9 nitrogen and oxygen atoms in total. The number of carbonyl (C=O) groups excluding carboxylic acids is 2. The van der Waals surface area contributed by atoms with Gasteiger partial charge in [-0.05, 0) is 38.6 Å². The second kappa shape index (κ2) is 8.14. The summed E-state index contributed by atoms with van der Waals surface area (Å²) in [6, 6.07) is -0.199. The van der Waals surface area contributed by atoms with E-state index in [1.165, 1.54) is 4.90 Å². The van der Waals surface area contributed by atoms with Gasteiger partial charge in [-0.3, -0.25) is 9.59 Å². The van der Waals surface area contributed by atoms with Gasteiger partial charge >= 0.3 is 5.97 Å². The number of aliphatic carboxylic acids is 1. The van der Waals surface area contributed by atoms with Gasteiger partial charge in [0.25, 0.3) is 0 Å². The normalized spacial score (nSPS) is 39.2. The summed E-state index contributed by atoms with van der Waals surface area (Å²) in [5.41, 5.74) is 5.47. The highest BCUT2D eigenvalue weighted by molar-refractivity contribution is 8.03. The lowest BCUT2D eigenvalue weighted by Gasteiger charge is -2.46. The molecular formula is C20H30N4O5S. The van der Waals surface area contributed by atoms with Gasteiger partial charge in [-0.25, -0.2) is 4.79 Å². The molecule has 6 N–H and O–H groups in total. The van der Waals surface area contributed by atoms with Gasteiger partial charge in [-0.1, -0.05) is 6.92 Å². The molecule has 166 valence electrons. The van der Waals surface area contributed by atoms with Crippen molar-refractivity contribution in [3.05, 3.63) is 10.6 Å². The minimum absolute atomic E-state index is 0.0899. The van der Waals surface area contributed by atoms with Crippen LogP contribution in [0.3, 0.4) is 0 Å². The number of primary amides is 1. The third-order valence-electron chi connectivity index (χ3n) is 6.97. The summed E-state index contributed by atoms with van der Waals surface area (Å²) in [4.78, 5) is 37.8. The van der Waals surface area contributed by atoms with Crippen molar-refractivity contribution in [1.29, 1.82) is 0 Å². The maximum atomic E-state index is 12.5. The number of aliphatic hydroxyl groups is 1. The molecule has 4 aliphatic heterocycles. The summed E-state index contributed by atoms with van der Waals surface area (Å²) in [7, 11) is 0. The number of rotatable bonds is 7. The monoisotopic (exact) mass is 438 g/mol. The Morgan fingerprint density at radius 2 is 2.03 bits per heavy atom. The molecule has 4 rings (SSSR count). The number of nitrogens with zero attached hydrogens (tertiary/aromatic N) is 1. The number of β-lactam (4-membered cyclic amide) rings is 1.